The SMILES string of the molecule is Fc1ccccc1-c1ccccc1CN1CCOCC(Cc2ccc3nccn3n2)C1. The molecule has 1 saturated heterocycles. The lowest BCUT2D eigenvalue weighted by Crippen LogP contribution is -2.31. The first-order valence-corrected chi connectivity index (χ1v) is 10.7. The number of hydrogen-bond donors (Lipinski definition) is 0. The summed E-state index contributed by atoms with van der Waals surface area (Å²) in [5, 5.41) is 4.67. The average Bonchev–Trinajstić information content (AvgIpc) is 3.14. The summed E-state index contributed by atoms with van der Waals surface area (Å²) in [6.45, 7) is 3.95. The van der Waals surface area contributed by atoms with Crippen molar-refractivity contribution in [1.29, 1.82) is 0 Å². The average molecular weight is 417 g/mol. The number of halogens is 1. The molecular weight excluding hydrogens is 391 g/mol. The molecule has 0 amide bonds. The van der Waals surface area contributed by atoms with E-state index in [1.807, 2.05) is 53.2 Å². The van der Waals surface area contributed by atoms with E-state index in [1.165, 1.54) is 6.07 Å². The number of fused-ring (bicyclic) bond motifs is 1. The Morgan fingerprint density at radius 3 is 2.74 bits per heavy atom. The molecule has 6 heteroatoms. The fourth-order valence-corrected chi connectivity index (χ4v) is 4.32. The third-order valence-electron chi connectivity index (χ3n) is 5.81. The van der Waals surface area contributed by atoms with Gasteiger partial charge in [-0.15, -0.1) is 0 Å². The van der Waals surface area contributed by atoms with E-state index in [1.54, 1.807) is 12.3 Å². The summed E-state index contributed by atoms with van der Waals surface area (Å²) in [5.41, 5.74) is 4.62. The normalized spacial score (nSPS) is 17.6. The smallest absolute Gasteiger partial charge is 0.153 e. The van der Waals surface area contributed by atoms with Gasteiger partial charge in [0.05, 0.1) is 18.9 Å². The van der Waals surface area contributed by atoms with Crippen molar-refractivity contribution < 1.29 is 9.13 Å². The molecule has 1 aliphatic rings. The molecule has 0 bridgehead atoms. The maximum absolute atomic E-state index is 14.4. The molecule has 2 aromatic heterocycles. The summed E-state index contributed by atoms with van der Waals surface area (Å²) in [5.74, 6) is 0.157. The molecule has 1 atom stereocenters. The van der Waals surface area contributed by atoms with Crippen molar-refractivity contribution in [3.8, 4) is 11.1 Å². The van der Waals surface area contributed by atoms with Crippen LogP contribution in [0.1, 0.15) is 11.3 Å². The van der Waals surface area contributed by atoms with Crippen LogP contribution in [0.5, 0.6) is 0 Å². The van der Waals surface area contributed by atoms with Crippen LogP contribution in [-0.4, -0.2) is 45.8 Å². The minimum absolute atomic E-state index is 0.187. The first kappa shape index (κ1) is 19.8. The highest BCUT2D eigenvalue weighted by atomic mass is 19.1. The van der Waals surface area contributed by atoms with Crippen LogP contribution >= 0.6 is 0 Å². The molecular formula is C25H25FN4O. The van der Waals surface area contributed by atoms with Crippen LogP contribution in [-0.2, 0) is 17.7 Å². The maximum atomic E-state index is 14.4. The summed E-state index contributed by atoms with van der Waals surface area (Å²) in [6, 6.07) is 19.1. The van der Waals surface area contributed by atoms with Crippen molar-refractivity contribution >= 4 is 5.65 Å². The number of nitrogens with zero attached hydrogens (tertiary/aromatic N) is 4. The highest BCUT2D eigenvalue weighted by molar-refractivity contribution is 5.67. The topological polar surface area (TPSA) is 42.7 Å². The van der Waals surface area contributed by atoms with Crippen molar-refractivity contribution in [3.05, 3.63) is 90.1 Å². The van der Waals surface area contributed by atoms with Crippen LogP contribution in [0.25, 0.3) is 16.8 Å². The Hall–Kier alpha value is -3.09. The third-order valence-corrected chi connectivity index (χ3v) is 5.81. The Bertz CT molecular complexity index is 1170. The largest absolute Gasteiger partial charge is 0.380 e. The van der Waals surface area contributed by atoms with Gasteiger partial charge in [0.1, 0.15) is 5.82 Å². The summed E-state index contributed by atoms with van der Waals surface area (Å²) >= 11 is 0. The van der Waals surface area contributed by atoms with Crippen molar-refractivity contribution in [2.45, 2.75) is 13.0 Å². The summed E-state index contributed by atoms with van der Waals surface area (Å²) in [6.07, 6.45) is 4.48. The van der Waals surface area contributed by atoms with Gasteiger partial charge in [0, 0.05) is 43.5 Å². The molecule has 1 aliphatic heterocycles. The van der Waals surface area contributed by atoms with Crippen LogP contribution < -0.4 is 0 Å². The molecule has 158 valence electrons. The highest BCUT2D eigenvalue weighted by Gasteiger charge is 2.21. The molecule has 31 heavy (non-hydrogen) atoms. The summed E-state index contributed by atoms with van der Waals surface area (Å²) in [4.78, 5) is 6.67. The van der Waals surface area contributed by atoms with Gasteiger partial charge in [-0.1, -0.05) is 42.5 Å². The fourth-order valence-electron chi connectivity index (χ4n) is 4.32. The third kappa shape index (κ3) is 4.50. The second-order valence-corrected chi connectivity index (χ2v) is 8.07. The molecule has 4 aromatic rings. The van der Waals surface area contributed by atoms with E-state index in [9.17, 15) is 4.39 Å². The Labute approximate surface area is 181 Å². The van der Waals surface area contributed by atoms with E-state index in [0.717, 1.165) is 55.1 Å². The van der Waals surface area contributed by atoms with Crippen molar-refractivity contribution in [2.75, 3.05) is 26.3 Å². The van der Waals surface area contributed by atoms with Crippen LogP contribution in [0.15, 0.2) is 73.1 Å². The predicted octanol–water partition coefficient (Wildman–Crippen LogP) is 4.23. The molecule has 1 fully saturated rings. The number of hydrogen-bond acceptors (Lipinski definition) is 4. The lowest BCUT2D eigenvalue weighted by molar-refractivity contribution is 0.121. The van der Waals surface area contributed by atoms with Gasteiger partial charge in [-0.25, -0.2) is 13.9 Å². The van der Waals surface area contributed by atoms with Gasteiger partial charge >= 0.3 is 0 Å². The van der Waals surface area contributed by atoms with Crippen molar-refractivity contribution in [1.82, 2.24) is 19.5 Å². The van der Waals surface area contributed by atoms with Gasteiger partial charge in [-0.05, 0) is 35.7 Å². The Morgan fingerprint density at radius 2 is 1.84 bits per heavy atom. The summed E-state index contributed by atoms with van der Waals surface area (Å²) < 4.78 is 22.2. The van der Waals surface area contributed by atoms with E-state index in [2.05, 4.69) is 21.0 Å². The van der Waals surface area contributed by atoms with Crippen LogP contribution in [0.3, 0.4) is 0 Å². The first-order chi connectivity index (χ1) is 15.3. The van der Waals surface area contributed by atoms with E-state index in [4.69, 9.17) is 4.74 Å². The lowest BCUT2D eigenvalue weighted by atomic mass is 9.98. The zero-order chi connectivity index (χ0) is 21.0. The number of aromatic nitrogens is 3. The van der Waals surface area contributed by atoms with E-state index in [-0.39, 0.29) is 5.82 Å². The predicted molar refractivity (Wildman–Crippen MR) is 118 cm³/mol. The molecule has 2 aromatic carbocycles. The van der Waals surface area contributed by atoms with Gasteiger partial charge in [0.2, 0.25) is 0 Å². The van der Waals surface area contributed by atoms with Gasteiger partial charge in [0.25, 0.3) is 0 Å². The molecule has 0 radical (unpaired) electrons. The van der Waals surface area contributed by atoms with Gasteiger partial charge < -0.3 is 4.74 Å². The number of imidazole rings is 1. The van der Waals surface area contributed by atoms with Gasteiger partial charge in [-0.3, -0.25) is 4.90 Å². The molecule has 3 heterocycles. The minimum atomic E-state index is -0.187. The molecule has 1 unspecified atom stereocenters. The second kappa shape index (κ2) is 8.96. The molecule has 0 spiro atoms. The Balaban J connectivity index is 1.33. The van der Waals surface area contributed by atoms with E-state index < -0.39 is 0 Å². The quantitative estimate of drug-likeness (QED) is 0.488. The molecule has 5 nitrogen and oxygen atoms in total. The zero-order valence-electron chi connectivity index (χ0n) is 17.3. The number of rotatable bonds is 5. The van der Waals surface area contributed by atoms with Crippen molar-refractivity contribution in [3.63, 3.8) is 0 Å². The summed E-state index contributed by atoms with van der Waals surface area (Å²) in [7, 11) is 0. The van der Waals surface area contributed by atoms with Gasteiger partial charge in [0.15, 0.2) is 5.65 Å². The van der Waals surface area contributed by atoms with Crippen LogP contribution in [0, 0.1) is 11.7 Å². The van der Waals surface area contributed by atoms with Crippen molar-refractivity contribution in [2.24, 2.45) is 5.92 Å². The van der Waals surface area contributed by atoms with Crippen LogP contribution in [0.2, 0.25) is 0 Å². The number of ether oxygens (including phenoxy) is 1. The molecule has 0 N–H and O–H groups in total. The van der Waals surface area contributed by atoms with E-state index in [0.29, 0.717) is 18.1 Å². The fraction of sp³-hybridized carbons (Fsp3) is 0.280. The van der Waals surface area contributed by atoms with E-state index >= 15 is 0 Å². The van der Waals surface area contributed by atoms with Crippen LogP contribution in [0.4, 0.5) is 4.39 Å². The molecule has 5 rings (SSSR count). The standard InChI is InChI=1S/C25H25FN4O/c26-24-8-4-3-7-23(24)22-6-2-1-5-20(22)17-29-13-14-31-18-19(16-29)15-21-9-10-25-27-11-12-30(25)28-21/h1-12,19H,13-18H2. The molecule has 0 saturated carbocycles. The first-order valence-electron chi connectivity index (χ1n) is 10.7. The monoisotopic (exact) mass is 416 g/mol. The number of benzene rings is 2. The van der Waals surface area contributed by atoms with Gasteiger partial charge in [-0.2, -0.15) is 5.10 Å². The Kier molecular flexibility index (Phi) is 5.74. The highest BCUT2D eigenvalue weighted by Crippen LogP contribution is 2.27. The lowest BCUT2D eigenvalue weighted by Gasteiger charge is -2.24. The second-order valence-electron chi connectivity index (χ2n) is 8.07. The minimum Gasteiger partial charge on any atom is -0.380 e. The molecule has 0 aliphatic carbocycles. The maximum Gasteiger partial charge on any atom is 0.153 e. The Morgan fingerprint density at radius 1 is 1.00 bits per heavy atom. The zero-order valence-corrected chi connectivity index (χ0v) is 17.3.